The van der Waals surface area contributed by atoms with Crippen molar-refractivity contribution in [3.8, 4) is 0 Å². The third kappa shape index (κ3) is 1.78. The molecule has 1 aliphatic rings. The van der Waals surface area contributed by atoms with E-state index in [9.17, 15) is 4.79 Å². The molecule has 0 radical (unpaired) electrons. The van der Waals surface area contributed by atoms with E-state index in [1.165, 1.54) is 7.11 Å². The van der Waals surface area contributed by atoms with Gasteiger partial charge in [-0.05, 0) is 33.2 Å². The topological polar surface area (TPSA) is 29.5 Å². The van der Waals surface area contributed by atoms with Gasteiger partial charge in [0, 0.05) is 6.04 Å². The highest BCUT2D eigenvalue weighted by molar-refractivity contribution is 5.76. The molecule has 0 aromatic carbocycles. The molecule has 12 heavy (non-hydrogen) atoms. The molecule has 0 bridgehead atoms. The van der Waals surface area contributed by atoms with Crippen molar-refractivity contribution in [2.24, 2.45) is 0 Å². The largest absolute Gasteiger partial charge is 0.468 e. The second-order valence-corrected chi connectivity index (χ2v) is 3.51. The second kappa shape index (κ2) is 3.90. The first kappa shape index (κ1) is 9.52. The Morgan fingerprint density at radius 2 is 2.25 bits per heavy atom. The Morgan fingerprint density at radius 1 is 1.58 bits per heavy atom. The molecule has 1 saturated heterocycles. The molecule has 0 unspecified atom stereocenters. The van der Waals surface area contributed by atoms with Crippen LogP contribution in [0, 0.1) is 0 Å². The first-order valence-electron chi connectivity index (χ1n) is 4.50. The first-order valence-corrected chi connectivity index (χ1v) is 4.50. The smallest absolute Gasteiger partial charge is 0.323 e. The van der Waals surface area contributed by atoms with Crippen molar-refractivity contribution in [1.29, 1.82) is 0 Å². The summed E-state index contributed by atoms with van der Waals surface area (Å²) in [4.78, 5) is 13.5. The summed E-state index contributed by atoms with van der Waals surface area (Å²) in [5.74, 6) is -0.0822. The average Bonchev–Trinajstić information content (AvgIpc) is 2.50. The molecule has 0 saturated carbocycles. The van der Waals surface area contributed by atoms with Gasteiger partial charge in [-0.1, -0.05) is 0 Å². The van der Waals surface area contributed by atoms with Gasteiger partial charge in [-0.25, -0.2) is 0 Å². The number of hydrogen-bond acceptors (Lipinski definition) is 3. The minimum absolute atomic E-state index is 0.00926. The van der Waals surface area contributed by atoms with Gasteiger partial charge in [0.2, 0.25) is 0 Å². The lowest BCUT2D eigenvalue weighted by atomic mass is 10.2. The SMILES string of the molecule is COC(=O)[C@H]1CCCN1C(C)C. The van der Waals surface area contributed by atoms with E-state index < -0.39 is 0 Å². The monoisotopic (exact) mass is 171 g/mol. The maximum absolute atomic E-state index is 11.3. The Hall–Kier alpha value is -0.570. The van der Waals surface area contributed by atoms with Crippen LogP contribution in [0.4, 0.5) is 0 Å². The minimum Gasteiger partial charge on any atom is -0.468 e. The first-order chi connectivity index (χ1) is 5.66. The fourth-order valence-corrected chi connectivity index (χ4v) is 1.80. The lowest BCUT2D eigenvalue weighted by molar-refractivity contribution is -0.146. The number of carbonyl (C=O) groups is 1. The van der Waals surface area contributed by atoms with Gasteiger partial charge in [-0.15, -0.1) is 0 Å². The third-order valence-electron chi connectivity index (χ3n) is 2.43. The normalized spacial score (nSPS) is 24.8. The van der Waals surface area contributed by atoms with Crippen LogP contribution >= 0.6 is 0 Å². The summed E-state index contributed by atoms with van der Waals surface area (Å²) in [6, 6.07) is 0.451. The maximum Gasteiger partial charge on any atom is 0.323 e. The number of likely N-dealkylation sites (tertiary alicyclic amines) is 1. The van der Waals surface area contributed by atoms with E-state index in [4.69, 9.17) is 4.74 Å². The molecule has 0 amide bonds. The molecule has 0 spiro atoms. The maximum atomic E-state index is 11.3. The molecular formula is C9H17NO2. The van der Waals surface area contributed by atoms with Crippen LogP contribution in [-0.4, -0.2) is 36.6 Å². The van der Waals surface area contributed by atoms with Crippen molar-refractivity contribution in [2.75, 3.05) is 13.7 Å². The van der Waals surface area contributed by atoms with Crippen molar-refractivity contribution in [2.45, 2.75) is 38.8 Å². The van der Waals surface area contributed by atoms with Crippen molar-refractivity contribution < 1.29 is 9.53 Å². The minimum atomic E-state index is -0.0822. The molecule has 0 aromatic heterocycles. The van der Waals surface area contributed by atoms with Crippen molar-refractivity contribution in [3.63, 3.8) is 0 Å². The van der Waals surface area contributed by atoms with Crippen LogP contribution in [0.5, 0.6) is 0 Å². The Morgan fingerprint density at radius 3 is 2.75 bits per heavy atom. The van der Waals surface area contributed by atoms with Crippen LogP contribution in [0.15, 0.2) is 0 Å². The quantitative estimate of drug-likeness (QED) is 0.581. The van der Waals surface area contributed by atoms with E-state index in [1.807, 2.05) is 0 Å². The van der Waals surface area contributed by atoms with E-state index >= 15 is 0 Å². The van der Waals surface area contributed by atoms with Crippen LogP contribution in [0.25, 0.3) is 0 Å². The highest BCUT2D eigenvalue weighted by Gasteiger charge is 2.32. The number of ether oxygens (including phenoxy) is 1. The molecule has 3 heteroatoms. The van der Waals surface area contributed by atoms with Gasteiger partial charge in [-0.3, -0.25) is 9.69 Å². The van der Waals surface area contributed by atoms with Gasteiger partial charge in [0.15, 0.2) is 0 Å². The molecule has 0 aliphatic carbocycles. The molecule has 1 rings (SSSR count). The molecule has 70 valence electrons. The highest BCUT2D eigenvalue weighted by atomic mass is 16.5. The third-order valence-corrected chi connectivity index (χ3v) is 2.43. The summed E-state index contributed by atoms with van der Waals surface area (Å²) < 4.78 is 4.73. The zero-order valence-corrected chi connectivity index (χ0v) is 8.04. The second-order valence-electron chi connectivity index (χ2n) is 3.51. The summed E-state index contributed by atoms with van der Waals surface area (Å²) in [6.45, 7) is 5.25. The van der Waals surface area contributed by atoms with Gasteiger partial charge in [0.05, 0.1) is 7.11 Å². The van der Waals surface area contributed by atoms with Gasteiger partial charge < -0.3 is 4.74 Å². The zero-order valence-electron chi connectivity index (χ0n) is 8.04. The van der Waals surface area contributed by atoms with E-state index in [1.54, 1.807) is 0 Å². The van der Waals surface area contributed by atoms with Crippen LogP contribution < -0.4 is 0 Å². The Balaban J connectivity index is 2.57. The van der Waals surface area contributed by atoms with E-state index in [-0.39, 0.29) is 12.0 Å². The van der Waals surface area contributed by atoms with E-state index in [0.717, 1.165) is 19.4 Å². The predicted octanol–water partition coefficient (Wildman–Crippen LogP) is 1.03. The standard InChI is InChI=1S/C9H17NO2/c1-7(2)10-6-4-5-8(10)9(11)12-3/h7-8H,4-6H2,1-3H3/t8-/m1/s1. The lowest BCUT2D eigenvalue weighted by Gasteiger charge is -2.25. The summed E-state index contributed by atoms with van der Waals surface area (Å²) in [5, 5.41) is 0. The molecule has 1 fully saturated rings. The summed E-state index contributed by atoms with van der Waals surface area (Å²) in [5.41, 5.74) is 0. The Kier molecular flexibility index (Phi) is 3.09. The number of carbonyl (C=O) groups excluding carboxylic acids is 1. The lowest BCUT2D eigenvalue weighted by Crippen LogP contribution is -2.41. The number of nitrogens with zero attached hydrogens (tertiary/aromatic N) is 1. The van der Waals surface area contributed by atoms with Crippen LogP contribution in [0.2, 0.25) is 0 Å². The number of hydrogen-bond donors (Lipinski definition) is 0. The Labute approximate surface area is 73.7 Å². The van der Waals surface area contributed by atoms with Gasteiger partial charge in [0.25, 0.3) is 0 Å². The molecule has 0 N–H and O–H groups in total. The number of rotatable bonds is 2. The zero-order chi connectivity index (χ0) is 9.14. The summed E-state index contributed by atoms with van der Waals surface area (Å²) >= 11 is 0. The molecule has 1 atom stereocenters. The molecule has 0 aromatic rings. The predicted molar refractivity (Wildman–Crippen MR) is 46.9 cm³/mol. The molecule has 1 heterocycles. The van der Waals surface area contributed by atoms with E-state index in [2.05, 4.69) is 18.7 Å². The van der Waals surface area contributed by atoms with E-state index in [0.29, 0.717) is 6.04 Å². The summed E-state index contributed by atoms with van der Waals surface area (Å²) in [7, 11) is 1.46. The highest BCUT2D eigenvalue weighted by Crippen LogP contribution is 2.20. The van der Waals surface area contributed by atoms with Gasteiger partial charge in [0.1, 0.15) is 6.04 Å². The van der Waals surface area contributed by atoms with Gasteiger partial charge in [-0.2, -0.15) is 0 Å². The number of esters is 1. The van der Waals surface area contributed by atoms with Crippen molar-refractivity contribution in [1.82, 2.24) is 4.90 Å². The van der Waals surface area contributed by atoms with Crippen molar-refractivity contribution >= 4 is 5.97 Å². The fraction of sp³-hybridized carbons (Fsp3) is 0.889. The summed E-state index contributed by atoms with van der Waals surface area (Å²) in [6.07, 6.45) is 2.06. The Bertz CT molecular complexity index is 168. The van der Waals surface area contributed by atoms with Crippen LogP contribution in [0.3, 0.4) is 0 Å². The molecule has 3 nitrogen and oxygen atoms in total. The van der Waals surface area contributed by atoms with Crippen LogP contribution in [-0.2, 0) is 9.53 Å². The molecule has 1 aliphatic heterocycles. The molecular weight excluding hydrogens is 154 g/mol. The van der Waals surface area contributed by atoms with Crippen LogP contribution in [0.1, 0.15) is 26.7 Å². The number of methoxy groups -OCH3 is 1. The van der Waals surface area contributed by atoms with Gasteiger partial charge >= 0.3 is 5.97 Å². The van der Waals surface area contributed by atoms with Crippen molar-refractivity contribution in [3.05, 3.63) is 0 Å². The average molecular weight is 171 g/mol. The fourth-order valence-electron chi connectivity index (χ4n) is 1.80.